The summed E-state index contributed by atoms with van der Waals surface area (Å²) in [6.07, 6.45) is 0. The Morgan fingerprint density at radius 2 is 1.77 bits per heavy atom. The molecule has 0 aliphatic rings. The number of anilines is 2. The van der Waals surface area contributed by atoms with E-state index in [0.717, 1.165) is 15.8 Å². The lowest BCUT2D eigenvalue weighted by atomic mass is 10.2. The van der Waals surface area contributed by atoms with Gasteiger partial charge < -0.3 is 10.6 Å². The summed E-state index contributed by atoms with van der Waals surface area (Å²) in [4.78, 5) is 28.2. The van der Waals surface area contributed by atoms with Crippen LogP contribution in [0.15, 0.2) is 42.5 Å². The molecule has 3 aromatic rings. The summed E-state index contributed by atoms with van der Waals surface area (Å²) in [6, 6.07) is 11.4. The van der Waals surface area contributed by atoms with Crippen LogP contribution in [0.3, 0.4) is 0 Å². The van der Waals surface area contributed by atoms with E-state index in [2.05, 4.69) is 15.6 Å². The van der Waals surface area contributed by atoms with Crippen molar-refractivity contribution in [2.75, 3.05) is 22.1 Å². The molecule has 1 heterocycles. The summed E-state index contributed by atoms with van der Waals surface area (Å²) < 4.78 is 13.8. The number of carbonyl (C=O) groups excluding carboxylic acids is 2. The minimum Gasteiger partial charge on any atom is -0.325 e. The molecule has 0 aliphatic heterocycles. The first-order valence-electron chi connectivity index (χ1n) is 7.80. The number of aromatic nitrogens is 1. The van der Waals surface area contributed by atoms with E-state index in [9.17, 15) is 14.0 Å². The van der Waals surface area contributed by atoms with E-state index in [-0.39, 0.29) is 29.1 Å². The van der Waals surface area contributed by atoms with Crippen molar-refractivity contribution < 1.29 is 14.0 Å². The van der Waals surface area contributed by atoms with Crippen LogP contribution in [-0.2, 0) is 9.59 Å². The first-order valence-corrected chi connectivity index (χ1v) is 9.77. The number of aryl methyl sites for hydroxylation is 1. The molecule has 0 atom stereocenters. The fourth-order valence-corrected chi connectivity index (χ4v) is 3.80. The Morgan fingerprint density at radius 3 is 2.50 bits per heavy atom. The summed E-state index contributed by atoms with van der Waals surface area (Å²) in [5, 5.41) is 5.95. The van der Waals surface area contributed by atoms with Gasteiger partial charge in [-0.25, -0.2) is 9.37 Å². The van der Waals surface area contributed by atoms with Gasteiger partial charge in [-0.15, -0.1) is 11.8 Å². The zero-order chi connectivity index (χ0) is 18.5. The van der Waals surface area contributed by atoms with Crippen LogP contribution < -0.4 is 10.6 Å². The normalized spacial score (nSPS) is 10.7. The van der Waals surface area contributed by atoms with Crippen molar-refractivity contribution in [1.82, 2.24) is 4.98 Å². The van der Waals surface area contributed by atoms with Gasteiger partial charge in [-0.2, -0.15) is 0 Å². The molecular formula is C18H16FN3O2S2. The second-order valence-corrected chi connectivity index (χ2v) is 7.60. The molecule has 0 spiro atoms. The lowest BCUT2D eigenvalue weighted by Gasteiger charge is -2.05. The van der Waals surface area contributed by atoms with Gasteiger partial charge in [0.05, 0.1) is 21.7 Å². The maximum Gasteiger partial charge on any atom is 0.236 e. The summed E-state index contributed by atoms with van der Waals surface area (Å²) in [5.74, 6) is -0.542. The van der Waals surface area contributed by atoms with E-state index < -0.39 is 0 Å². The number of thioether (sulfide) groups is 1. The zero-order valence-corrected chi connectivity index (χ0v) is 15.5. The number of carbonyl (C=O) groups is 2. The number of amides is 2. The molecule has 2 amide bonds. The van der Waals surface area contributed by atoms with E-state index in [1.165, 1.54) is 47.4 Å². The minimum atomic E-state index is -0.362. The molecule has 5 nitrogen and oxygen atoms in total. The first-order chi connectivity index (χ1) is 12.5. The van der Waals surface area contributed by atoms with Gasteiger partial charge in [0.25, 0.3) is 0 Å². The van der Waals surface area contributed by atoms with Gasteiger partial charge in [0.2, 0.25) is 11.8 Å². The fraction of sp³-hybridized carbons (Fsp3) is 0.167. The summed E-state index contributed by atoms with van der Waals surface area (Å²) in [7, 11) is 0. The van der Waals surface area contributed by atoms with E-state index in [1.54, 1.807) is 0 Å². The highest BCUT2D eigenvalue weighted by Crippen LogP contribution is 2.26. The number of nitrogens with one attached hydrogen (secondary N) is 2. The molecule has 1 aromatic heterocycles. The predicted octanol–water partition coefficient (Wildman–Crippen LogP) is 4.05. The molecule has 0 bridgehead atoms. The van der Waals surface area contributed by atoms with Gasteiger partial charge in [0.1, 0.15) is 5.82 Å². The second-order valence-electron chi connectivity index (χ2n) is 5.59. The molecule has 0 aliphatic carbocycles. The highest BCUT2D eigenvalue weighted by Gasteiger charge is 2.10. The van der Waals surface area contributed by atoms with E-state index in [0.29, 0.717) is 10.8 Å². The molecule has 0 fully saturated rings. The third-order valence-electron chi connectivity index (χ3n) is 3.38. The summed E-state index contributed by atoms with van der Waals surface area (Å²) >= 11 is 2.62. The molecule has 2 N–H and O–H groups in total. The Kier molecular flexibility index (Phi) is 5.85. The van der Waals surface area contributed by atoms with Crippen molar-refractivity contribution in [2.24, 2.45) is 0 Å². The van der Waals surface area contributed by atoms with Gasteiger partial charge in [-0.3, -0.25) is 9.59 Å². The van der Waals surface area contributed by atoms with Gasteiger partial charge in [-0.1, -0.05) is 17.4 Å². The van der Waals surface area contributed by atoms with Gasteiger partial charge in [-0.05, 0) is 48.9 Å². The third kappa shape index (κ3) is 5.03. The van der Waals surface area contributed by atoms with Crippen LogP contribution in [0, 0.1) is 12.7 Å². The Labute approximate surface area is 158 Å². The number of hydrogen-bond donors (Lipinski definition) is 2. The fourth-order valence-electron chi connectivity index (χ4n) is 2.21. The van der Waals surface area contributed by atoms with Crippen molar-refractivity contribution in [3.8, 4) is 0 Å². The maximum atomic E-state index is 12.8. The van der Waals surface area contributed by atoms with Crippen molar-refractivity contribution in [1.29, 1.82) is 0 Å². The van der Waals surface area contributed by atoms with Gasteiger partial charge in [0.15, 0.2) is 5.13 Å². The van der Waals surface area contributed by atoms with Crippen LogP contribution in [0.1, 0.15) is 5.56 Å². The average Bonchev–Trinajstić information content (AvgIpc) is 2.98. The van der Waals surface area contributed by atoms with Crippen LogP contribution >= 0.6 is 23.1 Å². The summed E-state index contributed by atoms with van der Waals surface area (Å²) in [5.41, 5.74) is 2.51. The Morgan fingerprint density at radius 1 is 1.08 bits per heavy atom. The Balaban J connectivity index is 1.44. The monoisotopic (exact) mass is 389 g/mol. The molecule has 8 heteroatoms. The zero-order valence-electron chi connectivity index (χ0n) is 13.9. The number of nitrogens with zero attached hydrogens (tertiary/aromatic N) is 1. The molecule has 0 unspecified atom stereocenters. The lowest BCUT2D eigenvalue weighted by Crippen LogP contribution is -2.18. The molecule has 3 rings (SSSR count). The molecule has 134 valence electrons. The van der Waals surface area contributed by atoms with Crippen molar-refractivity contribution >= 4 is 55.9 Å². The standard InChI is InChI=1S/C18H16FN3O2S2/c1-11-2-7-14-15(8-11)26-18(21-14)22-17(24)10-25-9-16(23)20-13-5-3-12(19)4-6-13/h2-8H,9-10H2,1H3,(H,20,23)(H,21,22,24). The SMILES string of the molecule is Cc1ccc2nc(NC(=O)CSCC(=O)Nc3ccc(F)cc3)sc2c1. The second kappa shape index (κ2) is 8.29. The number of halogens is 1. The maximum absolute atomic E-state index is 12.8. The highest BCUT2D eigenvalue weighted by molar-refractivity contribution is 8.00. The van der Waals surface area contributed by atoms with Gasteiger partial charge >= 0.3 is 0 Å². The smallest absolute Gasteiger partial charge is 0.236 e. The first kappa shape index (κ1) is 18.3. The predicted molar refractivity (Wildman–Crippen MR) is 105 cm³/mol. The molecular weight excluding hydrogens is 373 g/mol. The number of fused-ring (bicyclic) bond motifs is 1. The van der Waals surface area contributed by atoms with Crippen LogP contribution in [0.2, 0.25) is 0 Å². The molecule has 2 aromatic carbocycles. The van der Waals surface area contributed by atoms with Crippen LogP contribution in [0.25, 0.3) is 10.2 Å². The van der Waals surface area contributed by atoms with E-state index in [1.807, 2.05) is 25.1 Å². The van der Waals surface area contributed by atoms with E-state index >= 15 is 0 Å². The van der Waals surface area contributed by atoms with Crippen molar-refractivity contribution in [2.45, 2.75) is 6.92 Å². The Bertz CT molecular complexity index is 941. The average molecular weight is 389 g/mol. The van der Waals surface area contributed by atoms with Crippen LogP contribution in [0.5, 0.6) is 0 Å². The van der Waals surface area contributed by atoms with Crippen LogP contribution in [0.4, 0.5) is 15.2 Å². The van der Waals surface area contributed by atoms with Crippen molar-refractivity contribution in [3.05, 3.63) is 53.8 Å². The number of hydrogen-bond acceptors (Lipinski definition) is 5. The third-order valence-corrected chi connectivity index (χ3v) is 5.25. The molecule has 0 radical (unpaired) electrons. The van der Waals surface area contributed by atoms with Gasteiger partial charge in [0, 0.05) is 5.69 Å². The minimum absolute atomic E-state index is 0.129. The lowest BCUT2D eigenvalue weighted by molar-refractivity contribution is -0.114. The number of rotatable bonds is 6. The molecule has 0 saturated heterocycles. The van der Waals surface area contributed by atoms with Crippen molar-refractivity contribution in [3.63, 3.8) is 0 Å². The summed E-state index contributed by atoms with van der Waals surface area (Å²) in [6.45, 7) is 2.01. The molecule has 0 saturated carbocycles. The number of benzene rings is 2. The highest BCUT2D eigenvalue weighted by atomic mass is 32.2. The quantitative estimate of drug-likeness (QED) is 0.667. The van der Waals surface area contributed by atoms with Crippen LogP contribution in [-0.4, -0.2) is 28.3 Å². The van der Waals surface area contributed by atoms with E-state index in [4.69, 9.17) is 0 Å². The molecule has 26 heavy (non-hydrogen) atoms. The topological polar surface area (TPSA) is 71.1 Å². The largest absolute Gasteiger partial charge is 0.325 e. The number of thiazole rings is 1. The Hall–Kier alpha value is -2.45.